The van der Waals surface area contributed by atoms with Crippen molar-refractivity contribution in [3.8, 4) is 0 Å². The lowest BCUT2D eigenvalue weighted by atomic mass is 10.0. The van der Waals surface area contributed by atoms with E-state index in [4.69, 9.17) is 0 Å². The summed E-state index contributed by atoms with van der Waals surface area (Å²) in [6.45, 7) is 11.0. The van der Waals surface area contributed by atoms with Gasteiger partial charge in [-0.05, 0) is 80.1 Å². The van der Waals surface area contributed by atoms with Crippen LogP contribution >= 0.6 is 0 Å². The zero-order valence-corrected chi connectivity index (χ0v) is 20.2. The lowest BCUT2D eigenvalue weighted by Crippen LogP contribution is -2.47. The zero-order valence-electron chi connectivity index (χ0n) is 19.4. The first-order valence-electron chi connectivity index (χ1n) is 10.7. The van der Waals surface area contributed by atoms with Gasteiger partial charge in [-0.3, -0.25) is 9.59 Å². The summed E-state index contributed by atoms with van der Waals surface area (Å²) in [5, 5.41) is 2.82. The molecule has 8 heteroatoms. The highest BCUT2D eigenvalue weighted by Gasteiger charge is 2.32. The molecule has 32 heavy (non-hydrogen) atoms. The number of benzene rings is 2. The molecule has 0 fully saturated rings. The van der Waals surface area contributed by atoms with Crippen LogP contribution in [0.15, 0.2) is 41.3 Å². The Morgan fingerprint density at radius 1 is 1.06 bits per heavy atom. The van der Waals surface area contributed by atoms with Gasteiger partial charge in [-0.25, -0.2) is 8.42 Å². The average molecular weight is 458 g/mol. The molecule has 172 valence electrons. The third-order valence-electron chi connectivity index (χ3n) is 5.92. The number of carbonyl (C=O) groups excluding carboxylic acids is 2. The fraction of sp³-hybridized carbons (Fsp3) is 0.417. The molecule has 1 aliphatic rings. The monoisotopic (exact) mass is 457 g/mol. The van der Waals surface area contributed by atoms with Gasteiger partial charge in [0.05, 0.1) is 4.90 Å². The van der Waals surface area contributed by atoms with Crippen molar-refractivity contribution >= 4 is 33.2 Å². The first-order chi connectivity index (χ1) is 14.9. The summed E-state index contributed by atoms with van der Waals surface area (Å²) in [6, 6.07) is 9.34. The summed E-state index contributed by atoms with van der Waals surface area (Å²) < 4.78 is 28.8. The molecule has 2 aromatic rings. The van der Waals surface area contributed by atoms with Crippen molar-refractivity contribution in [3.05, 3.63) is 53.1 Å². The van der Waals surface area contributed by atoms with Gasteiger partial charge < -0.3 is 10.2 Å². The van der Waals surface area contributed by atoms with E-state index in [1.54, 1.807) is 36.9 Å². The van der Waals surface area contributed by atoms with E-state index in [9.17, 15) is 18.0 Å². The second kappa shape index (κ2) is 9.03. The summed E-state index contributed by atoms with van der Waals surface area (Å²) in [4.78, 5) is 26.6. The van der Waals surface area contributed by atoms with Crippen LogP contribution in [0.3, 0.4) is 0 Å². The number of rotatable bonds is 6. The number of nitrogens with one attached hydrogen (secondary N) is 2. The molecule has 2 atom stereocenters. The standard InChI is InChI=1S/C24H31N3O4S/c1-14(2)23(24(29)25-20-8-7-15(3)16(4)11-20)26-32(30,31)21-9-10-22-19(13-21)12-17(5)27(22)18(6)28/h7-11,13-14,17,23,26H,12H2,1-6H3,(H,25,29)/t17-,23+/m1/s1. The number of sulfonamides is 1. The van der Waals surface area contributed by atoms with Crippen LogP contribution in [-0.2, 0) is 26.0 Å². The molecule has 2 amide bonds. The maximum absolute atomic E-state index is 13.1. The lowest BCUT2D eigenvalue weighted by Gasteiger charge is -2.22. The van der Waals surface area contributed by atoms with Gasteiger partial charge in [0, 0.05) is 24.3 Å². The van der Waals surface area contributed by atoms with Gasteiger partial charge in [-0.15, -0.1) is 0 Å². The summed E-state index contributed by atoms with van der Waals surface area (Å²) in [6.07, 6.45) is 0.582. The molecule has 3 rings (SSSR count). The lowest BCUT2D eigenvalue weighted by molar-refractivity contribution is -0.118. The fourth-order valence-corrected chi connectivity index (χ4v) is 5.42. The van der Waals surface area contributed by atoms with Crippen LogP contribution in [0.4, 0.5) is 11.4 Å². The van der Waals surface area contributed by atoms with Gasteiger partial charge in [0.15, 0.2) is 0 Å². The Hall–Kier alpha value is -2.71. The van der Waals surface area contributed by atoms with E-state index in [1.165, 1.54) is 13.0 Å². The van der Waals surface area contributed by atoms with Crippen LogP contribution in [0.1, 0.15) is 44.4 Å². The van der Waals surface area contributed by atoms with E-state index in [-0.39, 0.29) is 22.8 Å². The van der Waals surface area contributed by atoms with Crippen LogP contribution in [-0.4, -0.2) is 32.3 Å². The van der Waals surface area contributed by atoms with Gasteiger partial charge in [0.2, 0.25) is 21.8 Å². The predicted molar refractivity (Wildman–Crippen MR) is 126 cm³/mol. The molecule has 0 spiro atoms. The second-order valence-electron chi connectivity index (χ2n) is 8.86. The van der Waals surface area contributed by atoms with Crippen molar-refractivity contribution in [3.63, 3.8) is 0 Å². The summed E-state index contributed by atoms with van der Waals surface area (Å²) in [5.74, 6) is -0.754. The van der Waals surface area contributed by atoms with E-state index in [0.717, 1.165) is 22.4 Å². The number of nitrogens with zero attached hydrogens (tertiary/aromatic N) is 1. The van der Waals surface area contributed by atoms with Gasteiger partial charge in [-0.2, -0.15) is 4.72 Å². The molecular formula is C24H31N3O4S. The van der Waals surface area contributed by atoms with Gasteiger partial charge in [0.1, 0.15) is 6.04 Å². The molecule has 1 heterocycles. The Kier molecular flexibility index (Phi) is 6.76. The zero-order chi connectivity index (χ0) is 23.8. The van der Waals surface area contributed by atoms with E-state index < -0.39 is 22.0 Å². The number of anilines is 2. The largest absolute Gasteiger partial charge is 0.325 e. The van der Waals surface area contributed by atoms with E-state index in [0.29, 0.717) is 12.1 Å². The van der Waals surface area contributed by atoms with Crippen LogP contribution < -0.4 is 14.9 Å². The SMILES string of the molecule is CC(=O)N1c2ccc(S(=O)(=O)N[C@H](C(=O)Nc3ccc(C)c(C)c3)C(C)C)cc2C[C@H]1C. The Labute approximate surface area is 190 Å². The third-order valence-corrected chi connectivity index (χ3v) is 7.36. The van der Waals surface area contributed by atoms with Crippen molar-refractivity contribution < 1.29 is 18.0 Å². The first kappa shape index (κ1) is 23.9. The van der Waals surface area contributed by atoms with E-state index >= 15 is 0 Å². The molecule has 7 nitrogen and oxygen atoms in total. The van der Waals surface area contributed by atoms with Crippen LogP contribution in [0.2, 0.25) is 0 Å². The maximum atomic E-state index is 13.1. The minimum Gasteiger partial charge on any atom is -0.325 e. The highest BCUT2D eigenvalue weighted by Crippen LogP contribution is 2.34. The maximum Gasteiger partial charge on any atom is 0.242 e. The van der Waals surface area contributed by atoms with Gasteiger partial charge in [0.25, 0.3) is 0 Å². The summed E-state index contributed by atoms with van der Waals surface area (Å²) in [7, 11) is -3.95. The minimum atomic E-state index is -3.95. The summed E-state index contributed by atoms with van der Waals surface area (Å²) in [5.41, 5.74) is 4.31. The molecule has 0 aromatic heterocycles. The van der Waals surface area contributed by atoms with Gasteiger partial charge >= 0.3 is 0 Å². The molecule has 2 aromatic carbocycles. The van der Waals surface area contributed by atoms with Gasteiger partial charge in [-0.1, -0.05) is 19.9 Å². The molecule has 0 radical (unpaired) electrons. The van der Waals surface area contributed by atoms with Crippen molar-refractivity contribution in [1.29, 1.82) is 0 Å². The third kappa shape index (κ3) is 4.86. The van der Waals surface area contributed by atoms with Crippen molar-refractivity contribution in [2.24, 2.45) is 5.92 Å². The predicted octanol–water partition coefficient (Wildman–Crippen LogP) is 3.54. The molecule has 1 aliphatic heterocycles. The first-order valence-corrected chi connectivity index (χ1v) is 12.2. The molecule has 0 unspecified atom stereocenters. The van der Waals surface area contributed by atoms with E-state index in [2.05, 4.69) is 10.0 Å². The molecule has 0 saturated heterocycles. The Morgan fingerprint density at radius 2 is 1.75 bits per heavy atom. The van der Waals surface area contributed by atoms with E-state index in [1.807, 2.05) is 32.9 Å². The Morgan fingerprint density at radius 3 is 2.34 bits per heavy atom. The number of carbonyl (C=O) groups is 2. The number of amides is 2. The number of hydrogen-bond acceptors (Lipinski definition) is 4. The molecular weight excluding hydrogens is 426 g/mol. The second-order valence-corrected chi connectivity index (χ2v) is 10.6. The molecule has 0 saturated carbocycles. The minimum absolute atomic E-state index is 0.0273. The van der Waals surface area contributed by atoms with Crippen LogP contribution in [0.5, 0.6) is 0 Å². The Balaban J connectivity index is 1.83. The topological polar surface area (TPSA) is 95.6 Å². The molecule has 2 N–H and O–H groups in total. The average Bonchev–Trinajstić information content (AvgIpc) is 3.03. The smallest absolute Gasteiger partial charge is 0.242 e. The quantitative estimate of drug-likeness (QED) is 0.694. The van der Waals surface area contributed by atoms with Crippen LogP contribution in [0.25, 0.3) is 0 Å². The number of fused-ring (bicyclic) bond motifs is 1. The highest BCUT2D eigenvalue weighted by atomic mass is 32.2. The normalized spacial score (nSPS) is 16.7. The van der Waals surface area contributed by atoms with Crippen LogP contribution in [0, 0.1) is 19.8 Å². The number of aryl methyl sites for hydroxylation is 2. The fourth-order valence-electron chi connectivity index (χ4n) is 4.02. The molecule has 0 aliphatic carbocycles. The van der Waals surface area contributed by atoms with Crippen molar-refractivity contribution in [2.75, 3.05) is 10.2 Å². The highest BCUT2D eigenvalue weighted by molar-refractivity contribution is 7.89. The summed E-state index contributed by atoms with van der Waals surface area (Å²) >= 11 is 0. The molecule has 0 bridgehead atoms. The number of hydrogen-bond donors (Lipinski definition) is 2. The van der Waals surface area contributed by atoms with Crippen molar-refractivity contribution in [2.45, 2.75) is 64.9 Å². The van der Waals surface area contributed by atoms with Crippen molar-refractivity contribution in [1.82, 2.24) is 4.72 Å². The Bertz CT molecular complexity index is 1160.